The molecule has 1 N–H and O–H groups in total. The molecule has 0 bridgehead atoms. The highest BCUT2D eigenvalue weighted by Gasteiger charge is 2.26. The van der Waals surface area contributed by atoms with Crippen LogP contribution < -0.4 is 19.7 Å². The Morgan fingerprint density at radius 3 is 2.17 bits per heavy atom. The Labute approximate surface area is 216 Å². The maximum atomic E-state index is 12.4. The number of allylic oxidation sites excluding steroid dienone is 4. The summed E-state index contributed by atoms with van der Waals surface area (Å²) in [5.74, 6) is 3.29. The predicted molar refractivity (Wildman–Crippen MR) is 148 cm³/mol. The highest BCUT2D eigenvalue weighted by atomic mass is 16.5. The first-order valence-corrected chi connectivity index (χ1v) is 12.7. The van der Waals surface area contributed by atoms with E-state index in [-0.39, 0.29) is 11.8 Å². The second-order valence-electron chi connectivity index (χ2n) is 7.98. The molecule has 1 aliphatic heterocycles. The third-order valence-corrected chi connectivity index (χ3v) is 5.82. The Balaban J connectivity index is 0.000000623. The quantitative estimate of drug-likeness (QED) is 0.475. The number of benzene rings is 1. The molecule has 0 atom stereocenters. The minimum Gasteiger partial charge on any atom is -0.499 e. The van der Waals surface area contributed by atoms with Gasteiger partial charge in [-0.3, -0.25) is 4.79 Å². The lowest BCUT2D eigenvalue weighted by Gasteiger charge is -2.32. The summed E-state index contributed by atoms with van der Waals surface area (Å²) in [7, 11) is 3.22. The first-order valence-electron chi connectivity index (χ1n) is 12.7. The molecule has 8 heteroatoms. The lowest BCUT2D eigenvalue weighted by molar-refractivity contribution is -0.124. The fourth-order valence-electron chi connectivity index (χ4n) is 3.65. The molecular formula is C28H44N4O4. The number of nitrogens with one attached hydrogen (secondary N) is 1. The van der Waals surface area contributed by atoms with Crippen LogP contribution in [0.5, 0.6) is 11.5 Å². The molecule has 0 spiro atoms. The van der Waals surface area contributed by atoms with Crippen LogP contribution in [0.25, 0.3) is 10.9 Å². The van der Waals surface area contributed by atoms with Crippen molar-refractivity contribution in [1.82, 2.24) is 15.3 Å². The highest BCUT2D eigenvalue weighted by molar-refractivity contribution is 5.92. The molecule has 1 aromatic heterocycles. The van der Waals surface area contributed by atoms with Crippen molar-refractivity contribution in [2.45, 2.75) is 61.3 Å². The molecule has 3 rings (SSSR count). The van der Waals surface area contributed by atoms with Crippen LogP contribution in [0.2, 0.25) is 0 Å². The molecule has 2 heterocycles. The molecule has 1 fully saturated rings. The van der Waals surface area contributed by atoms with Crippen LogP contribution in [0.3, 0.4) is 0 Å². The van der Waals surface area contributed by atoms with E-state index in [0.717, 1.165) is 60.7 Å². The van der Waals surface area contributed by atoms with Crippen molar-refractivity contribution in [2.24, 2.45) is 5.92 Å². The SMILES string of the molecule is C/C=C(\C)NC(=O)C1CCN(c2ncnc3cc(OC)c(OC)cc23)CC1.C/C=C(\C)OCC.CC. The van der Waals surface area contributed by atoms with Crippen molar-refractivity contribution in [3.63, 3.8) is 0 Å². The lowest BCUT2D eigenvalue weighted by atomic mass is 9.95. The molecular weight excluding hydrogens is 456 g/mol. The zero-order valence-corrected chi connectivity index (χ0v) is 23.5. The summed E-state index contributed by atoms with van der Waals surface area (Å²) >= 11 is 0. The molecule has 36 heavy (non-hydrogen) atoms. The zero-order chi connectivity index (χ0) is 27.1. The van der Waals surface area contributed by atoms with Gasteiger partial charge >= 0.3 is 0 Å². The summed E-state index contributed by atoms with van der Waals surface area (Å²) in [6, 6.07) is 3.77. The average Bonchev–Trinajstić information content (AvgIpc) is 2.93. The summed E-state index contributed by atoms with van der Waals surface area (Å²) in [4.78, 5) is 23.4. The number of hydrogen-bond donors (Lipinski definition) is 1. The van der Waals surface area contributed by atoms with Gasteiger partial charge in [-0.1, -0.05) is 26.0 Å². The Morgan fingerprint density at radius 1 is 1.06 bits per heavy atom. The first-order chi connectivity index (χ1) is 17.4. The van der Waals surface area contributed by atoms with Gasteiger partial charge in [0.2, 0.25) is 5.91 Å². The molecule has 1 amide bonds. The van der Waals surface area contributed by atoms with Crippen molar-refractivity contribution in [3.05, 3.63) is 42.1 Å². The van der Waals surface area contributed by atoms with E-state index in [1.807, 2.05) is 72.8 Å². The highest BCUT2D eigenvalue weighted by Crippen LogP contribution is 2.35. The van der Waals surface area contributed by atoms with E-state index in [1.54, 1.807) is 20.5 Å². The Hall–Kier alpha value is -3.29. The first kappa shape index (κ1) is 30.7. The molecule has 1 aromatic carbocycles. The molecule has 0 aliphatic carbocycles. The second-order valence-corrected chi connectivity index (χ2v) is 7.98. The zero-order valence-electron chi connectivity index (χ0n) is 23.5. The van der Waals surface area contributed by atoms with Crippen LogP contribution >= 0.6 is 0 Å². The van der Waals surface area contributed by atoms with Crippen molar-refractivity contribution >= 4 is 22.6 Å². The maximum absolute atomic E-state index is 12.4. The minimum atomic E-state index is 0.0267. The van der Waals surface area contributed by atoms with Crippen LogP contribution in [0.1, 0.15) is 61.3 Å². The minimum absolute atomic E-state index is 0.0267. The summed E-state index contributed by atoms with van der Waals surface area (Å²) in [5, 5.41) is 3.88. The summed E-state index contributed by atoms with van der Waals surface area (Å²) in [6.07, 6.45) is 7.01. The fraction of sp³-hybridized carbons (Fsp3) is 0.536. The number of anilines is 1. The monoisotopic (exact) mass is 500 g/mol. The Bertz CT molecular complexity index is 1010. The Kier molecular flexibility index (Phi) is 14.0. The van der Waals surface area contributed by atoms with Gasteiger partial charge in [-0.15, -0.1) is 0 Å². The molecule has 8 nitrogen and oxygen atoms in total. The van der Waals surface area contributed by atoms with Gasteiger partial charge in [0, 0.05) is 36.2 Å². The molecule has 1 saturated heterocycles. The number of nitrogens with zero attached hydrogens (tertiary/aromatic N) is 3. The van der Waals surface area contributed by atoms with Gasteiger partial charge in [0.05, 0.1) is 32.1 Å². The number of carbonyl (C=O) groups is 1. The summed E-state index contributed by atoms with van der Waals surface area (Å²) in [5.41, 5.74) is 1.70. The summed E-state index contributed by atoms with van der Waals surface area (Å²) in [6.45, 7) is 16.0. The van der Waals surface area contributed by atoms with Gasteiger partial charge in [-0.2, -0.15) is 0 Å². The largest absolute Gasteiger partial charge is 0.499 e. The number of ether oxygens (including phenoxy) is 3. The van der Waals surface area contributed by atoms with E-state index in [1.165, 1.54) is 0 Å². The number of amides is 1. The molecule has 1 aliphatic rings. The normalized spacial score (nSPS) is 14.2. The second kappa shape index (κ2) is 16.4. The summed E-state index contributed by atoms with van der Waals surface area (Å²) < 4.78 is 15.8. The van der Waals surface area contributed by atoms with Crippen molar-refractivity contribution in [1.29, 1.82) is 0 Å². The third-order valence-electron chi connectivity index (χ3n) is 5.82. The van der Waals surface area contributed by atoms with Crippen LogP contribution in [-0.4, -0.2) is 49.8 Å². The topological polar surface area (TPSA) is 85.8 Å². The van der Waals surface area contributed by atoms with Gasteiger partial charge < -0.3 is 24.4 Å². The van der Waals surface area contributed by atoms with E-state index in [2.05, 4.69) is 20.2 Å². The molecule has 0 saturated carbocycles. The van der Waals surface area contributed by atoms with Crippen LogP contribution in [0.4, 0.5) is 5.82 Å². The van der Waals surface area contributed by atoms with E-state index < -0.39 is 0 Å². The molecule has 2 aromatic rings. The van der Waals surface area contributed by atoms with E-state index >= 15 is 0 Å². The Morgan fingerprint density at radius 2 is 1.67 bits per heavy atom. The van der Waals surface area contributed by atoms with Gasteiger partial charge in [0.1, 0.15) is 12.1 Å². The fourth-order valence-corrected chi connectivity index (χ4v) is 3.65. The number of carbonyl (C=O) groups excluding carboxylic acids is 1. The van der Waals surface area contributed by atoms with E-state index in [0.29, 0.717) is 11.5 Å². The van der Waals surface area contributed by atoms with E-state index in [4.69, 9.17) is 14.2 Å². The number of aromatic nitrogens is 2. The number of piperidine rings is 1. The number of hydrogen-bond acceptors (Lipinski definition) is 7. The molecule has 0 radical (unpaired) electrons. The van der Waals surface area contributed by atoms with Crippen LogP contribution in [0.15, 0.2) is 42.1 Å². The predicted octanol–water partition coefficient (Wildman–Crippen LogP) is 5.88. The van der Waals surface area contributed by atoms with Gasteiger partial charge in [-0.25, -0.2) is 9.97 Å². The van der Waals surface area contributed by atoms with Crippen LogP contribution in [0, 0.1) is 5.92 Å². The van der Waals surface area contributed by atoms with Crippen LogP contribution in [-0.2, 0) is 9.53 Å². The van der Waals surface area contributed by atoms with Gasteiger partial charge in [-0.05, 0) is 53.5 Å². The molecule has 200 valence electrons. The van der Waals surface area contributed by atoms with Gasteiger partial charge in [0.25, 0.3) is 0 Å². The maximum Gasteiger partial charge on any atom is 0.227 e. The number of rotatable bonds is 7. The third kappa shape index (κ3) is 8.73. The smallest absolute Gasteiger partial charge is 0.227 e. The lowest BCUT2D eigenvalue weighted by Crippen LogP contribution is -2.40. The van der Waals surface area contributed by atoms with Crippen molar-refractivity contribution in [2.75, 3.05) is 38.8 Å². The van der Waals surface area contributed by atoms with Gasteiger partial charge in [0.15, 0.2) is 11.5 Å². The molecule has 0 unspecified atom stereocenters. The standard InChI is InChI=1S/C20H26N4O3.C6H12O.C2H6/c1-5-13(2)23-20(25)14-6-8-24(9-7-14)19-15-10-17(26-3)18(27-4)11-16(15)21-12-22-19;1-4-6(3)7-5-2;1-2/h5,10-12,14H,6-9H2,1-4H3,(H,23,25);4H,5H2,1-3H3;1-2H3/b13-5+;6-4+;. The number of methoxy groups -OCH3 is 2. The van der Waals surface area contributed by atoms with Crippen molar-refractivity contribution < 1.29 is 19.0 Å². The number of fused-ring (bicyclic) bond motifs is 1. The average molecular weight is 501 g/mol. The van der Waals surface area contributed by atoms with Crippen molar-refractivity contribution in [3.8, 4) is 11.5 Å². The van der Waals surface area contributed by atoms with E-state index in [9.17, 15) is 4.79 Å².